The van der Waals surface area contributed by atoms with Gasteiger partial charge in [-0.25, -0.2) is 8.78 Å². The normalized spacial score (nSPS) is 12.0. The fourth-order valence-corrected chi connectivity index (χ4v) is 3.03. The smallest absolute Gasteiger partial charge is 0.277 e. The number of benzene rings is 2. The van der Waals surface area contributed by atoms with Gasteiger partial charge in [0.1, 0.15) is 17.4 Å². The van der Waals surface area contributed by atoms with Crippen LogP contribution in [0.4, 0.5) is 8.78 Å². The molecule has 3 rings (SSSR count). The van der Waals surface area contributed by atoms with Gasteiger partial charge in [-0.2, -0.15) is 0 Å². The zero-order chi connectivity index (χ0) is 19.4. The summed E-state index contributed by atoms with van der Waals surface area (Å²) in [7, 11) is 0. The first-order valence-electron chi connectivity index (χ1n) is 7.79. The van der Waals surface area contributed by atoms with E-state index in [1.54, 1.807) is 31.2 Å². The third-order valence-corrected chi connectivity index (χ3v) is 4.65. The third-order valence-electron chi connectivity index (χ3n) is 3.47. The first-order valence-corrected chi connectivity index (χ1v) is 9.05. The average molecular weight is 411 g/mol. The van der Waals surface area contributed by atoms with E-state index >= 15 is 0 Å². The molecule has 0 aliphatic heterocycles. The molecule has 0 spiro atoms. The van der Waals surface area contributed by atoms with Crippen molar-refractivity contribution in [2.24, 2.45) is 0 Å². The minimum atomic E-state index is -0.907. The number of rotatable bonds is 7. The molecule has 27 heavy (non-hydrogen) atoms. The molecule has 0 radical (unpaired) electrons. The number of ether oxygens (including phenoxy) is 1. The molecule has 0 saturated carbocycles. The zero-order valence-electron chi connectivity index (χ0n) is 14.0. The molecule has 3 aromatic rings. The summed E-state index contributed by atoms with van der Waals surface area (Å²) in [5, 5.41) is 7.71. The van der Waals surface area contributed by atoms with Crippen LogP contribution in [0.2, 0.25) is 5.02 Å². The van der Waals surface area contributed by atoms with Crippen LogP contribution in [-0.4, -0.2) is 21.2 Å². The standard InChI is InChI=1S/C18H13ClF2N2O3S/c1-10(17(24)14-7-4-12(20)8-15(14)21)27-18-23-22-16(26-18)9-25-13-5-2-11(19)3-6-13/h2-8,10H,9H2,1H3. The Morgan fingerprint density at radius 2 is 1.96 bits per heavy atom. The zero-order valence-corrected chi connectivity index (χ0v) is 15.6. The van der Waals surface area contributed by atoms with E-state index in [9.17, 15) is 13.6 Å². The monoisotopic (exact) mass is 410 g/mol. The maximum atomic E-state index is 13.7. The highest BCUT2D eigenvalue weighted by Crippen LogP contribution is 2.26. The Hall–Kier alpha value is -2.45. The third kappa shape index (κ3) is 5.05. The van der Waals surface area contributed by atoms with Crippen LogP contribution >= 0.6 is 23.4 Å². The summed E-state index contributed by atoms with van der Waals surface area (Å²) in [6.07, 6.45) is 0. The minimum Gasteiger partial charge on any atom is -0.484 e. The Bertz CT molecular complexity index is 950. The van der Waals surface area contributed by atoms with Crippen LogP contribution < -0.4 is 4.74 Å². The topological polar surface area (TPSA) is 65.2 Å². The number of Topliss-reactive ketones (excluding diaryl/α,β-unsaturated/α-hetero) is 1. The highest BCUT2D eigenvalue weighted by molar-refractivity contribution is 8.00. The highest BCUT2D eigenvalue weighted by Gasteiger charge is 2.22. The van der Waals surface area contributed by atoms with Crippen LogP contribution in [0.3, 0.4) is 0 Å². The number of aromatic nitrogens is 2. The van der Waals surface area contributed by atoms with E-state index in [0.29, 0.717) is 16.8 Å². The van der Waals surface area contributed by atoms with Gasteiger partial charge < -0.3 is 9.15 Å². The number of carbonyl (C=O) groups is 1. The van der Waals surface area contributed by atoms with Gasteiger partial charge >= 0.3 is 0 Å². The summed E-state index contributed by atoms with van der Waals surface area (Å²) in [6.45, 7) is 1.62. The Labute approximate surface area is 162 Å². The molecule has 1 unspecified atom stereocenters. The molecule has 0 amide bonds. The first-order chi connectivity index (χ1) is 12.9. The van der Waals surface area contributed by atoms with Gasteiger partial charge in [-0.05, 0) is 43.3 Å². The van der Waals surface area contributed by atoms with E-state index in [2.05, 4.69) is 10.2 Å². The molecule has 1 heterocycles. The van der Waals surface area contributed by atoms with Crippen molar-refractivity contribution in [3.63, 3.8) is 0 Å². The number of ketones is 1. The Morgan fingerprint density at radius 3 is 2.67 bits per heavy atom. The number of thioether (sulfide) groups is 1. The van der Waals surface area contributed by atoms with E-state index in [0.717, 1.165) is 23.9 Å². The number of hydrogen-bond acceptors (Lipinski definition) is 6. The predicted molar refractivity (Wildman–Crippen MR) is 96.1 cm³/mol. The van der Waals surface area contributed by atoms with Crippen LogP contribution in [0.5, 0.6) is 5.75 Å². The molecule has 0 N–H and O–H groups in total. The van der Waals surface area contributed by atoms with Crippen LogP contribution in [-0.2, 0) is 6.61 Å². The van der Waals surface area contributed by atoms with Gasteiger partial charge in [0.05, 0.1) is 10.8 Å². The van der Waals surface area contributed by atoms with Crippen molar-refractivity contribution in [2.45, 2.75) is 24.0 Å². The second kappa shape index (κ2) is 8.49. The molecule has 0 bridgehead atoms. The van der Waals surface area contributed by atoms with E-state index in [-0.39, 0.29) is 23.3 Å². The SMILES string of the molecule is CC(Sc1nnc(COc2ccc(Cl)cc2)o1)C(=O)c1ccc(F)cc1F. The van der Waals surface area contributed by atoms with E-state index in [1.807, 2.05) is 0 Å². The average Bonchev–Trinajstić information content (AvgIpc) is 3.08. The van der Waals surface area contributed by atoms with E-state index in [1.165, 1.54) is 0 Å². The van der Waals surface area contributed by atoms with Gasteiger partial charge in [0.15, 0.2) is 12.4 Å². The summed E-state index contributed by atoms with van der Waals surface area (Å²) in [5.74, 6) is -1.35. The van der Waals surface area contributed by atoms with Gasteiger partial charge in [0.2, 0.25) is 0 Å². The van der Waals surface area contributed by atoms with Crippen molar-refractivity contribution in [1.82, 2.24) is 10.2 Å². The molecule has 140 valence electrons. The Morgan fingerprint density at radius 1 is 1.22 bits per heavy atom. The summed E-state index contributed by atoms with van der Waals surface area (Å²) >= 11 is 6.78. The van der Waals surface area contributed by atoms with Crippen molar-refractivity contribution in [3.05, 3.63) is 70.6 Å². The minimum absolute atomic E-state index is 0.0457. The van der Waals surface area contributed by atoms with Gasteiger partial charge in [-0.1, -0.05) is 23.4 Å². The number of nitrogens with zero attached hydrogens (tertiary/aromatic N) is 2. The molecule has 0 aliphatic rings. The molecule has 0 fully saturated rings. The van der Waals surface area contributed by atoms with Gasteiger partial charge in [-0.15, -0.1) is 10.2 Å². The van der Waals surface area contributed by atoms with Crippen molar-refractivity contribution in [3.8, 4) is 5.75 Å². The second-order valence-corrected chi connectivity index (χ2v) is 7.18. The summed E-state index contributed by atoms with van der Waals surface area (Å²) in [6, 6.07) is 9.60. The van der Waals surface area contributed by atoms with Crippen molar-refractivity contribution in [2.75, 3.05) is 0 Å². The lowest BCUT2D eigenvalue weighted by Gasteiger charge is -2.08. The predicted octanol–water partition coefficient (Wildman–Crippen LogP) is 4.94. The molecule has 1 atom stereocenters. The molecule has 5 nitrogen and oxygen atoms in total. The lowest BCUT2D eigenvalue weighted by Crippen LogP contribution is -2.15. The first kappa shape index (κ1) is 19.3. The highest BCUT2D eigenvalue weighted by atomic mass is 35.5. The largest absolute Gasteiger partial charge is 0.484 e. The quantitative estimate of drug-likeness (QED) is 0.406. The molecule has 2 aromatic carbocycles. The molecular formula is C18H13ClF2N2O3S. The number of halogens is 3. The summed E-state index contributed by atoms with van der Waals surface area (Å²) in [4.78, 5) is 12.3. The lowest BCUT2D eigenvalue weighted by atomic mass is 10.1. The maximum absolute atomic E-state index is 13.7. The van der Waals surface area contributed by atoms with Gasteiger partial charge in [0.25, 0.3) is 11.1 Å². The van der Waals surface area contributed by atoms with E-state index in [4.69, 9.17) is 20.8 Å². The van der Waals surface area contributed by atoms with Gasteiger partial charge in [0, 0.05) is 11.1 Å². The van der Waals surface area contributed by atoms with Crippen LogP contribution in [0.25, 0.3) is 0 Å². The lowest BCUT2D eigenvalue weighted by molar-refractivity contribution is 0.0989. The Kier molecular flexibility index (Phi) is 6.08. The number of carbonyl (C=O) groups excluding carboxylic acids is 1. The van der Waals surface area contributed by atoms with Gasteiger partial charge in [-0.3, -0.25) is 4.79 Å². The van der Waals surface area contributed by atoms with Crippen molar-refractivity contribution < 1.29 is 22.7 Å². The summed E-state index contributed by atoms with van der Waals surface area (Å²) < 4.78 is 37.6. The van der Waals surface area contributed by atoms with Crippen LogP contribution in [0, 0.1) is 11.6 Å². The van der Waals surface area contributed by atoms with Crippen molar-refractivity contribution >= 4 is 29.1 Å². The maximum Gasteiger partial charge on any atom is 0.277 e. The van der Waals surface area contributed by atoms with Crippen molar-refractivity contribution in [1.29, 1.82) is 0 Å². The fraction of sp³-hybridized carbons (Fsp3) is 0.167. The van der Waals surface area contributed by atoms with Crippen LogP contribution in [0.15, 0.2) is 52.1 Å². The molecule has 0 aliphatic carbocycles. The summed E-state index contributed by atoms with van der Waals surface area (Å²) in [5.41, 5.74) is -0.192. The van der Waals surface area contributed by atoms with E-state index < -0.39 is 22.7 Å². The molecule has 1 aromatic heterocycles. The molecule has 9 heteroatoms. The molecular weight excluding hydrogens is 398 g/mol. The molecule has 0 saturated heterocycles. The second-order valence-electron chi connectivity index (χ2n) is 5.45. The fourth-order valence-electron chi connectivity index (χ4n) is 2.13. The Balaban J connectivity index is 1.59. The number of hydrogen-bond donors (Lipinski definition) is 0. The van der Waals surface area contributed by atoms with Crippen LogP contribution in [0.1, 0.15) is 23.2 Å².